The molecule has 1 heterocycles. The number of pyridine rings is 1. The van der Waals surface area contributed by atoms with Crippen LogP contribution in [0.3, 0.4) is 0 Å². The van der Waals surface area contributed by atoms with Gasteiger partial charge in [-0.1, -0.05) is 32.0 Å². The van der Waals surface area contributed by atoms with E-state index in [1.165, 1.54) is 0 Å². The first kappa shape index (κ1) is 13.3. The lowest BCUT2D eigenvalue weighted by Gasteiger charge is -2.25. The van der Waals surface area contributed by atoms with Gasteiger partial charge in [-0.25, -0.2) is 0 Å². The number of anilines is 2. The fraction of sp³-hybridized carbons (Fsp3) is 0.250. The Morgan fingerprint density at radius 2 is 1.68 bits per heavy atom. The fourth-order valence-electron chi connectivity index (χ4n) is 1.87. The number of amides is 1. The van der Waals surface area contributed by atoms with Gasteiger partial charge in [-0.2, -0.15) is 0 Å². The Kier molecular flexibility index (Phi) is 4.29. The standard InChI is InChI=1S/C16H18N2O/c1-3-13(2)16(19)18(14-7-5-4-6-8-14)15-9-11-17-12-10-15/h4-13H,3H2,1-2H3. The third-order valence-electron chi connectivity index (χ3n) is 3.19. The smallest absolute Gasteiger partial charge is 0.234 e. The Morgan fingerprint density at radius 3 is 2.26 bits per heavy atom. The molecule has 0 aliphatic rings. The molecule has 1 aromatic heterocycles. The maximum Gasteiger partial charge on any atom is 0.234 e. The van der Waals surface area contributed by atoms with Gasteiger partial charge in [0, 0.05) is 24.0 Å². The Balaban J connectivity index is 2.43. The summed E-state index contributed by atoms with van der Waals surface area (Å²) in [5.74, 6) is 0.105. The van der Waals surface area contributed by atoms with Crippen molar-refractivity contribution in [3.63, 3.8) is 0 Å². The number of carbonyl (C=O) groups excluding carboxylic acids is 1. The summed E-state index contributed by atoms with van der Waals surface area (Å²) in [4.78, 5) is 18.3. The molecule has 3 heteroatoms. The number of hydrogen-bond acceptors (Lipinski definition) is 2. The van der Waals surface area contributed by atoms with Gasteiger partial charge in [0.25, 0.3) is 0 Å². The van der Waals surface area contributed by atoms with Crippen molar-refractivity contribution in [2.24, 2.45) is 5.92 Å². The first-order valence-electron chi connectivity index (χ1n) is 6.53. The molecule has 0 spiro atoms. The minimum Gasteiger partial charge on any atom is -0.281 e. The van der Waals surface area contributed by atoms with E-state index in [9.17, 15) is 4.79 Å². The molecule has 0 aliphatic carbocycles. The molecule has 2 aromatic rings. The minimum atomic E-state index is -0.00614. The van der Waals surface area contributed by atoms with Crippen LogP contribution in [0.5, 0.6) is 0 Å². The second-order valence-electron chi connectivity index (χ2n) is 4.52. The van der Waals surface area contributed by atoms with Crippen LogP contribution < -0.4 is 4.90 Å². The summed E-state index contributed by atoms with van der Waals surface area (Å²) >= 11 is 0. The molecule has 3 nitrogen and oxygen atoms in total. The molecular weight excluding hydrogens is 236 g/mol. The number of hydrogen-bond donors (Lipinski definition) is 0. The molecule has 98 valence electrons. The Labute approximate surface area is 113 Å². The van der Waals surface area contributed by atoms with E-state index in [0.29, 0.717) is 0 Å². The number of carbonyl (C=O) groups is 1. The predicted octanol–water partition coefficient (Wildman–Crippen LogP) is 3.79. The summed E-state index contributed by atoms with van der Waals surface area (Å²) < 4.78 is 0. The lowest BCUT2D eigenvalue weighted by atomic mass is 10.1. The lowest BCUT2D eigenvalue weighted by molar-refractivity contribution is -0.121. The summed E-state index contributed by atoms with van der Waals surface area (Å²) in [6.45, 7) is 3.98. The van der Waals surface area contributed by atoms with Crippen LogP contribution in [0.25, 0.3) is 0 Å². The molecule has 0 bridgehead atoms. The van der Waals surface area contributed by atoms with Crippen LogP contribution in [-0.4, -0.2) is 10.9 Å². The maximum atomic E-state index is 12.6. The third-order valence-corrected chi connectivity index (χ3v) is 3.19. The summed E-state index contributed by atoms with van der Waals surface area (Å²) in [5, 5.41) is 0. The molecule has 1 atom stereocenters. The third kappa shape index (κ3) is 2.99. The number of aromatic nitrogens is 1. The summed E-state index contributed by atoms with van der Waals surface area (Å²) in [6, 6.07) is 13.4. The summed E-state index contributed by atoms with van der Waals surface area (Å²) in [5.41, 5.74) is 1.74. The van der Waals surface area contributed by atoms with Crippen molar-refractivity contribution in [1.29, 1.82) is 0 Å². The highest BCUT2D eigenvalue weighted by molar-refractivity contribution is 6.01. The van der Waals surface area contributed by atoms with Crippen LogP contribution in [0.1, 0.15) is 20.3 Å². The van der Waals surface area contributed by atoms with E-state index in [0.717, 1.165) is 17.8 Å². The number of nitrogens with zero attached hydrogens (tertiary/aromatic N) is 2. The van der Waals surface area contributed by atoms with E-state index in [1.54, 1.807) is 17.3 Å². The van der Waals surface area contributed by atoms with Crippen molar-refractivity contribution in [3.05, 3.63) is 54.9 Å². The molecule has 1 unspecified atom stereocenters. The van der Waals surface area contributed by atoms with Crippen LogP contribution >= 0.6 is 0 Å². The van der Waals surface area contributed by atoms with Crippen LogP contribution in [-0.2, 0) is 4.79 Å². The number of rotatable bonds is 4. The van der Waals surface area contributed by atoms with Gasteiger partial charge >= 0.3 is 0 Å². The van der Waals surface area contributed by atoms with E-state index in [1.807, 2.05) is 56.3 Å². The molecule has 0 saturated heterocycles. The van der Waals surface area contributed by atoms with Gasteiger partial charge in [0.1, 0.15) is 0 Å². The van der Waals surface area contributed by atoms with Gasteiger partial charge in [0.15, 0.2) is 0 Å². The van der Waals surface area contributed by atoms with Crippen LogP contribution in [0.4, 0.5) is 11.4 Å². The van der Waals surface area contributed by atoms with Crippen molar-refractivity contribution < 1.29 is 4.79 Å². The topological polar surface area (TPSA) is 33.2 Å². The largest absolute Gasteiger partial charge is 0.281 e. The van der Waals surface area contributed by atoms with Crippen molar-refractivity contribution in [2.45, 2.75) is 20.3 Å². The van der Waals surface area contributed by atoms with Gasteiger partial charge in [0.2, 0.25) is 5.91 Å². The molecule has 1 amide bonds. The Hall–Kier alpha value is -2.16. The zero-order chi connectivity index (χ0) is 13.7. The van der Waals surface area contributed by atoms with E-state index >= 15 is 0 Å². The Morgan fingerprint density at radius 1 is 1.11 bits per heavy atom. The van der Waals surface area contributed by atoms with E-state index in [4.69, 9.17) is 0 Å². The number of para-hydroxylation sites is 1. The van der Waals surface area contributed by atoms with Crippen LogP contribution in [0, 0.1) is 5.92 Å². The molecule has 0 saturated carbocycles. The second kappa shape index (κ2) is 6.14. The zero-order valence-electron chi connectivity index (χ0n) is 11.3. The highest BCUT2D eigenvalue weighted by Gasteiger charge is 2.22. The molecule has 0 N–H and O–H groups in total. The monoisotopic (exact) mass is 254 g/mol. The lowest BCUT2D eigenvalue weighted by Crippen LogP contribution is -2.30. The van der Waals surface area contributed by atoms with Crippen molar-refractivity contribution in [3.8, 4) is 0 Å². The fourth-order valence-corrected chi connectivity index (χ4v) is 1.87. The van der Waals surface area contributed by atoms with Crippen molar-refractivity contribution in [1.82, 2.24) is 4.98 Å². The molecular formula is C16H18N2O. The first-order valence-corrected chi connectivity index (χ1v) is 6.53. The van der Waals surface area contributed by atoms with Gasteiger partial charge in [-0.3, -0.25) is 14.7 Å². The first-order chi connectivity index (χ1) is 9.24. The van der Waals surface area contributed by atoms with Gasteiger partial charge < -0.3 is 0 Å². The molecule has 0 radical (unpaired) electrons. The van der Waals surface area contributed by atoms with Gasteiger partial charge in [-0.05, 0) is 30.7 Å². The molecule has 0 aliphatic heterocycles. The quantitative estimate of drug-likeness (QED) is 0.831. The average Bonchev–Trinajstić information content (AvgIpc) is 2.49. The van der Waals surface area contributed by atoms with Crippen molar-refractivity contribution in [2.75, 3.05) is 4.90 Å². The van der Waals surface area contributed by atoms with Gasteiger partial charge in [-0.15, -0.1) is 0 Å². The predicted molar refractivity (Wildman–Crippen MR) is 77.3 cm³/mol. The summed E-state index contributed by atoms with van der Waals surface area (Å²) in [6.07, 6.45) is 4.23. The summed E-state index contributed by atoms with van der Waals surface area (Å²) in [7, 11) is 0. The SMILES string of the molecule is CCC(C)C(=O)N(c1ccccc1)c1ccncc1. The molecule has 0 fully saturated rings. The maximum absolute atomic E-state index is 12.6. The van der Waals surface area contributed by atoms with Gasteiger partial charge in [0.05, 0.1) is 5.69 Å². The molecule has 2 rings (SSSR count). The molecule has 19 heavy (non-hydrogen) atoms. The van der Waals surface area contributed by atoms with E-state index in [-0.39, 0.29) is 11.8 Å². The van der Waals surface area contributed by atoms with Crippen LogP contribution in [0.15, 0.2) is 54.9 Å². The van der Waals surface area contributed by atoms with E-state index in [2.05, 4.69) is 4.98 Å². The second-order valence-corrected chi connectivity index (χ2v) is 4.52. The minimum absolute atomic E-state index is 0.00614. The number of benzene rings is 1. The van der Waals surface area contributed by atoms with E-state index < -0.39 is 0 Å². The highest BCUT2D eigenvalue weighted by atomic mass is 16.2. The zero-order valence-corrected chi connectivity index (χ0v) is 11.3. The highest BCUT2D eigenvalue weighted by Crippen LogP contribution is 2.27. The van der Waals surface area contributed by atoms with Crippen LogP contribution in [0.2, 0.25) is 0 Å². The molecule has 1 aromatic carbocycles. The Bertz CT molecular complexity index is 485. The average molecular weight is 254 g/mol. The normalized spacial score (nSPS) is 11.9. The van der Waals surface area contributed by atoms with Crippen molar-refractivity contribution >= 4 is 17.3 Å².